The topological polar surface area (TPSA) is 17.1 Å². The van der Waals surface area contributed by atoms with Crippen LogP contribution in [0.5, 0.6) is 0 Å². The van der Waals surface area contributed by atoms with E-state index in [1.54, 1.807) is 24.3 Å². The highest BCUT2D eigenvalue weighted by atomic mass is 35.5. The summed E-state index contributed by atoms with van der Waals surface area (Å²) in [6, 6.07) is 7.04. The third-order valence-corrected chi connectivity index (χ3v) is 1.48. The highest BCUT2D eigenvalue weighted by Crippen LogP contribution is 2.00. The van der Waals surface area contributed by atoms with E-state index in [4.69, 9.17) is 11.6 Å². The zero-order valence-corrected chi connectivity index (χ0v) is 7.14. The lowest BCUT2D eigenvalue weighted by atomic mass is 10.1. The molecule has 1 nitrogen and oxygen atoms in total. The summed E-state index contributed by atoms with van der Waals surface area (Å²) in [4.78, 5) is 10.3. The van der Waals surface area contributed by atoms with Crippen LogP contribution in [-0.4, -0.2) is 12.2 Å². The van der Waals surface area contributed by atoms with Crippen molar-refractivity contribution in [2.24, 2.45) is 0 Å². The average Bonchev–Trinajstić information content (AvgIpc) is 2.15. The normalized spacial score (nSPS) is 8.42. The van der Waals surface area contributed by atoms with Crippen molar-refractivity contribution in [3.8, 4) is 11.8 Å². The first-order valence-corrected chi connectivity index (χ1v) is 4.00. The standard InChI is InChI=1S/C10H7ClO/c11-7-1-2-9-3-5-10(8-12)6-4-9/h3-6,8H,7H2. The van der Waals surface area contributed by atoms with E-state index < -0.39 is 0 Å². The maximum atomic E-state index is 10.3. The quantitative estimate of drug-likeness (QED) is 0.366. The fourth-order valence-corrected chi connectivity index (χ4v) is 0.847. The van der Waals surface area contributed by atoms with Crippen LogP contribution in [0, 0.1) is 11.8 Å². The van der Waals surface area contributed by atoms with Gasteiger partial charge in [-0.2, -0.15) is 0 Å². The van der Waals surface area contributed by atoms with Crippen molar-refractivity contribution in [2.75, 3.05) is 5.88 Å². The molecule has 0 radical (unpaired) electrons. The van der Waals surface area contributed by atoms with Gasteiger partial charge in [-0.1, -0.05) is 24.0 Å². The molecule has 0 saturated carbocycles. The van der Waals surface area contributed by atoms with Crippen molar-refractivity contribution in [1.82, 2.24) is 0 Å². The zero-order chi connectivity index (χ0) is 8.81. The van der Waals surface area contributed by atoms with Crippen LogP contribution in [0.4, 0.5) is 0 Å². The minimum Gasteiger partial charge on any atom is -0.298 e. The molecule has 2 heteroatoms. The van der Waals surface area contributed by atoms with E-state index in [2.05, 4.69) is 11.8 Å². The molecule has 0 aliphatic rings. The van der Waals surface area contributed by atoms with Crippen LogP contribution < -0.4 is 0 Å². The van der Waals surface area contributed by atoms with E-state index in [9.17, 15) is 4.79 Å². The molecule has 0 fully saturated rings. The molecule has 0 bridgehead atoms. The lowest BCUT2D eigenvalue weighted by Gasteiger charge is -1.89. The number of benzene rings is 1. The second-order valence-electron chi connectivity index (χ2n) is 2.18. The van der Waals surface area contributed by atoms with E-state index in [0.717, 1.165) is 11.8 Å². The van der Waals surface area contributed by atoms with E-state index >= 15 is 0 Å². The molecule has 1 aromatic rings. The number of rotatable bonds is 1. The van der Waals surface area contributed by atoms with Gasteiger partial charge in [0.25, 0.3) is 0 Å². The van der Waals surface area contributed by atoms with Crippen molar-refractivity contribution in [3.05, 3.63) is 35.4 Å². The van der Waals surface area contributed by atoms with E-state index in [0.29, 0.717) is 11.4 Å². The van der Waals surface area contributed by atoms with Crippen molar-refractivity contribution >= 4 is 17.9 Å². The van der Waals surface area contributed by atoms with Gasteiger partial charge in [0, 0.05) is 11.1 Å². The van der Waals surface area contributed by atoms with Gasteiger partial charge in [0.15, 0.2) is 0 Å². The van der Waals surface area contributed by atoms with E-state index in [1.165, 1.54) is 0 Å². The summed E-state index contributed by atoms with van der Waals surface area (Å²) < 4.78 is 0. The highest BCUT2D eigenvalue weighted by molar-refractivity contribution is 6.19. The van der Waals surface area contributed by atoms with Gasteiger partial charge in [0.05, 0.1) is 5.88 Å². The van der Waals surface area contributed by atoms with Crippen LogP contribution in [0.15, 0.2) is 24.3 Å². The molecule has 0 spiro atoms. The largest absolute Gasteiger partial charge is 0.298 e. The van der Waals surface area contributed by atoms with E-state index in [1.807, 2.05) is 0 Å². The Labute approximate surface area is 76.4 Å². The molecule has 0 heterocycles. The number of hydrogen-bond acceptors (Lipinski definition) is 1. The van der Waals surface area contributed by atoms with Crippen LogP contribution >= 0.6 is 11.6 Å². The molecule has 60 valence electrons. The number of aldehydes is 1. The van der Waals surface area contributed by atoms with Gasteiger partial charge in [0.2, 0.25) is 0 Å². The molecule has 0 aliphatic heterocycles. The van der Waals surface area contributed by atoms with Gasteiger partial charge >= 0.3 is 0 Å². The third-order valence-electron chi connectivity index (χ3n) is 1.35. The summed E-state index contributed by atoms with van der Waals surface area (Å²) in [6.45, 7) is 0. The van der Waals surface area contributed by atoms with Gasteiger partial charge in [-0.05, 0) is 12.1 Å². The van der Waals surface area contributed by atoms with Crippen LogP contribution in [0.2, 0.25) is 0 Å². The fourth-order valence-electron chi connectivity index (χ4n) is 0.780. The Balaban J connectivity index is 2.84. The summed E-state index contributed by atoms with van der Waals surface area (Å²) in [5.74, 6) is 5.91. The minimum atomic E-state index is 0.329. The predicted octanol–water partition coefficient (Wildman–Crippen LogP) is 2.09. The van der Waals surface area contributed by atoms with Gasteiger partial charge in [-0.3, -0.25) is 4.79 Å². The third kappa shape index (κ3) is 2.41. The number of carbonyl (C=O) groups is 1. The SMILES string of the molecule is O=Cc1ccc(C#CCCl)cc1. The average molecular weight is 179 g/mol. The predicted molar refractivity (Wildman–Crippen MR) is 49.4 cm³/mol. The lowest BCUT2D eigenvalue weighted by Crippen LogP contribution is -1.79. The van der Waals surface area contributed by atoms with Gasteiger partial charge in [-0.25, -0.2) is 0 Å². The molecule has 0 amide bonds. The van der Waals surface area contributed by atoms with Crippen molar-refractivity contribution in [2.45, 2.75) is 0 Å². The highest BCUT2D eigenvalue weighted by Gasteiger charge is 1.88. The van der Waals surface area contributed by atoms with Gasteiger partial charge < -0.3 is 0 Å². The first kappa shape index (κ1) is 8.83. The molecular formula is C10H7ClO. The Kier molecular flexibility index (Phi) is 3.37. The number of carbonyl (C=O) groups excluding carboxylic acids is 1. The lowest BCUT2D eigenvalue weighted by molar-refractivity contribution is 0.112. The number of alkyl halides is 1. The Morgan fingerprint density at radius 3 is 2.50 bits per heavy atom. The molecule has 0 unspecified atom stereocenters. The van der Waals surface area contributed by atoms with Crippen molar-refractivity contribution in [1.29, 1.82) is 0 Å². The zero-order valence-electron chi connectivity index (χ0n) is 6.38. The summed E-state index contributed by atoms with van der Waals surface area (Å²) >= 11 is 5.38. The van der Waals surface area contributed by atoms with Crippen LogP contribution in [-0.2, 0) is 0 Å². The molecule has 0 aliphatic carbocycles. The Bertz CT molecular complexity index is 316. The summed E-state index contributed by atoms with van der Waals surface area (Å²) in [6.07, 6.45) is 0.804. The molecule has 1 aromatic carbocycles. The van der Waals surface area contributed by atoms with Crippen molar-refractivity contribution in [3.63, 3.8) is 0 Å². The minimum absolute atomic E-state index is 0.329. The Hall–Kier alpha value is -1.26. The maximum absolute atomic E-state index is 10.3. The Morgan fingerprint density at radius 2 is 2.00 bits per heavy atom. The monoisotopic (exact) mass is 178 g/mol. The summed E-state index contributed by atoms with van der Waals surface area (Å²) in [5, 5.41) is 0. The van der Waals surface area contributed by atoms with Crippen molar-refractivity contribution < 1.29 is 4.79 Å². The smallest absolute Gasteiger partial charge is 0.150 e. The van der Waals surface area contributed by atoms with Gasteiger partial charge in [0.1, 0.15) is 6.29 Å². The van der Waals surface area contributed by atoms with Crippen LogP contribution in [0.25, 0.3) is 0 Å². The second-order valence-corrected chi connectivity index (χ2v) is 2.44. The van der Waals surface area contributed by atoms with Crippen LogP contribution in [0.3, 0.4) is 0 Å². The Morgan fingerprint density at radius 1 is 1.33 bits per heavy atom. The molecule has 0 saturated heterocycles. The molecular weight excluding hydrogens is 172 g/mol. The number of halogens is 1. The maximum Gasteiger partial charge on any atom is 0.150 e. The summed E-state index contributed by atoms with van der Waals surface area (Å²) in [7, 11) is 0. The molecule has 1 rings (SSSR count). The molecule has 0 atom stereocenters. The molecule has 12 heavy (non-hydrogen) atoms. The van der Waals surface area contributed by atoms with Gasteiger partial charge in [-0.15, -0.1) is 11.6 Å². The number of hydrogen-bond donors (Lipinski definition) is 0. The van der Waals surface area contributed by atoms with E-state index in [-0.39, 0.29) is 0 Å². The molecule has 0 N–H and O–H groups in total. The molecule has 0 aromatic heterocycles. The fraction of sp³-hybridized carbons (Fsp3) is 0.100. The first-order valence-electron chi connectivity index (χ1n) is 3.47. The second kappa shape index (κ2) is 4.58. The first-order chi connectivity index (χ1) is 5.86. The summed E-state index contributed by atoms with van der Waals surface area (Å²) in [5.41, 5.74) is 1.53. The van der Waals surface area contributed by atoms with Crippen LogP contribution in [0.1, 0.15) is 15.9 Å².